The van der Waals surface area contributed by atoms with E-state index < -0.39 is 0 Å². The molecule has 0 aliphatic heterocycles. The van der Waals surface area contributed by atoms with Gasteiger partial charge in [-0.05, 0) is 44.1 Å². The molecule has 0 saturated carbocycles. The molecule has 0 spiro atoms. The second-order valence-corrected chi connectivity index (χ2v) is 9.09. The number of aryl methyl sites for hydroxylation is 1. The second-order valence-electron chi connectivity index (χ2n) is 9.09. The molecule has 4 heteroatoms. The van der Waals surface area contributed by atoms with Crippen molar-refractivity contribution in [1.82, 2.24) is 0 Å². The summed E-state index contributed by atoms with van der Waals surface area (Å²) in [6, 6.07) is 4.52. The van der Waals surface area contributed by atoms with Crippen molar-refractivity contribution in [2.45, 2.75) is 116 Å². The van der Waals surface area contributed by atoms with Crippen molar-refractivity contribution < 1.29 is 31.0 Å². The zero-order valence-electron chi connectivity index (χ0n) is 21.7. The van der Waals surface area contributed by atoms with Gasteiger partial charge in [-0.2, -0.15) is 0 Å². The van der Waals surface area contributed by atoms with E-state index in [0.29, 0.717) is 13.2 Å². The maximum Gasteiger partial charge on any atom is 0.171 e. The summed E-state index contributed by atoms with van der Waals surface area (Å²) in [7, 11) is 1.70. The molecule has 0 amide bonds. The minimum atomic E-state index is 0. The largest absolute Gasteiger partial charge is 1.00 e. The van der Waals surface area contributed by atoms with Crippen molar-refractivity contribution in [2.24, 2.45) is 0 Å². The van der Waals surface area contributed by atoms with Gasteiger partial charge >= 0.3 is 0 Å². The smallest absolute Gasteiger partial charge is 0.171 e. The minimum Gasteiger partial charge on any atom is -1.00 e. The summed E-state index contributed by atoms with van der Waals surface area (Å²) in [5, 5.41) is 0. The summed E-state index contributed by atoms with van der Waals surface area (Å²) in [6.45, 7) is 5.27. The van der Waals surface area contributed by atoms with Crippen LogP contribution in [0, 0.1) is 0 Å². The normalized spacial score (nSPS) is 11.2. The molecule has 0 atom stereocenters. The fourth-order valence-corrected chi connectivity index (χ4v) is 3.97. The van der Waals surface area contributed by atoms with E-state index in [1.807, 2.05) is 0 Å². The zero-order chi connectivity index (χ0) is 23.0. The Morgan fingerprint density at radius 3 is 1.82 bits per heavy atom. The van der Waals surface area contributed by atoms with E-state index in [2.05, 4.69) is 48.2 Å². The third-order valence-corrected chi connectivity index (χ3v) is 6.11. The molecule has 0 aromatic carbocycles. The van der Waals surface area contributed by atoms with Crippen molar-refractivity contribution in [3.63, 3.8) is 0 Å². The number of rotatable bonds is 23. The number of hydrogen-bond donors (Lipinski definition) is 0. The summed E-state index contributed by atoms with van der Waals surface area (Å²) in [6.07, 6.45) is 31.0. The average molecular weight is 527 g/mol. The lowest BCUT2D eigenvalue weighted by molar-refractivity contribution is -0.698. The first-order valence-electron chi connectivity index (χ1n) is 13.6. The number of unbranched alkanes of at least 4 members (excludes halogenated alkanes) is 13. The zero-order valence-corrected chi connectivity index (χ0v) is 23.3. The molecule has 3 nitrogen and oxygen atoms in total. The van der Waals surface area contributed by atoms with Crippen molar-refractivity contribution in [3.05, 3.63) is 42.2 Å². The minimum absolute atomic E-state index is 0. The van der Waals surface area contributed by atoms with Crippen molar-refractivity contribution >= 4 is 0 Å². The van der Waals surface area contributed by atoms with Gasteiger partial charge in [-0.15, -0.1) is 0 Å². The summed E-state index contributed by atoms with van der Waals surface area (Å²) in [5.74, 6) is 0. The van der Waals surface area contributed by atoms with Gasteiger partial charge in [0.2, 0.25) is 0 Å². The first-order chi connectivity index (χ1) is 15.9. The van der Waals surface area contributed by atoms with E-state index in [1.165, 1.54) is 108 Å². The number of aromatic nitrogens is 1. The Morgan fingerprint density at radius 2 is 1.24 bits per heavy atom. The summed E-state index contributed by atoms with van der Waals surface area (Å²) < 4.78 is 12.7. The van der Waals surface area contributed by atoms with Crippen molar-refractivity contribution in [1.29, 1.82) is 0 Å². The highest BCUT2D eigenvalue weighted by Gasteiger charge is 2.01. The Morgan fingerprint density at radius 1 is 0.697 bits per heavy atom. The van der Waals surface area contributed by atoms with Crippen LogP contribution < -0.4 is 21.5 Å². The number of pyridine rings is 1. The Bertz CT molecular complexity index is 533. The van der Waals surface area contributed by atoms with Crippen LogP contribution >= 0.6 is 0 Å². The van der Waals surface area contributed by atoms with E-state index >= 15 is 0 Å². The highest BCUT2D eigenvalue weighted by molar-refractivity contribution is 5.07. The quantitative estimate of drug-likeness (QED) is 0.118. The van der Waals surface area contributed by atoms with Crippen molar-refractivity contribution in [3.8, 4) is 0 Å². The van der Waals surface area contributed by atoms with Crippen LogP contribution in [0.3, 0.4) is 0 Å². The third kappa shape index (κ3) is 21.6. The molecule has 1 aromatic rings. The fourth-order valence-electron chi connectivity index (χ4n) is 3.97. The summed E-state index contributed by atoms with van der Waals surface area (Å²) >= 11 is 0. The van der Waals surface area contributed by atoms with E-state index in [-0.39, 0.29) is 17.0 Å². The molecule has 1 heterocycles. The van der Waals surface area contributed by atoms with Crippen LogP contribution in [0.4, 0.5) is 0 Å². The Balaban J connectivity index is 0.0000102. The molecule has 1 aromatic heterocycles. The van der Waals surface area contributed by atoms with Gasteiger partial charge in [-0.3, -0.25) is 0 Å². The number of hydrogen-bond acceptors (Lipinski definition) is 2. The third-order valence-electron chi connectivity index (χ3n) is 6.11. The Labute approximate surface area is 216 Å². The molecule has 0 N–H and O–H groups in total. The first-order valence-corrected chi connectivity index (χ1v) is 13.6. The standard InChI is InChI=1S/C29H52NO2.BrH/c1-3-4-5-6-7-8-9-10-11-12-13-14-15-16-17-18-19-20-29-21-23-30(24-22-29)25-26-32-28-27-31-2;/h10-11,21-24H,3-9,12-20,25-28H2,1-2H3;1H/q+1;/p-1/b11-10-;. The van der Waals surface area contributed by atoms with Gasteiger partial charge in [0.25, 0.3) is 0 Å². The molecule has 0 fully saturated rings. The summed E-state index contributed by atoms with van der Waals surface area (Å²) in [5.41, 5.74) is 1.45. The molecule has 192 valence electrons. The van der Waals surface area contributed by atoms with Gasteiger partial charge in [-0.25, -0.2) is 4.57 Å². The van der Waals surface area contributed by atoms with Gasteiger partial charge in [0.05, 0.1) is 13.2 Å². The molecule has 0 saturated heterocycles. The number of methoxy groups -OCH3 is 1. The highest BCUT2D eigenvalue weighted by Crippen LogP contribution is 2.12. The lowest BCUT2D eigenvalue weighted by Crippen LogP contribution is -3.00. The van der Waals surface area contributed by atoms with Crippen LogP contribution in [0.2, 0.25) is 0 Å². The van der Waals surface area contributed by atoms with Crippen molar-refractivity contribution in [2.75, 3.05) is 26.9 Å². The van der Waals surface area contributed by atoms with E-state index in [1.54, 1.807) is 7.11 Å². The summed E-state index contributed by atoms with van der Waals surface area (Å²) in [4.78, 5) is 0. The van der Waals surface area contributed by atoms with Crippen LogP contribution in [0.5, 0.6) is 0 Å². The van der Waals surface area contributed by atoms with Crippen LogP contribution in [0.15, 0.2) is 36.7 Å². The molecule has 0 radical (unpaired) electrons. The van der Waals surface area contributed by atoms with Crippen LogP contribution in [-0.2, 0) is 22.4 Å². The highest BCUT2D eigenvalue weighted by atomic mass is 79.9. The predicted molar refractivity (Wildman–Crippen MR) is 137 cm³/mol. The predicted octanol–water partition coefficient (Wildman–Crippen LogP) is 4.61. The van der Waals surface area contributed by atoms with Gasteiger partial charge in [0.15, 0.2) is 18.9 Å². The van der Waals surface area contributed by atoms with Crippen LogP contribution in [0.25, 0.3) is 0 Å². The number of allylic oxidation sites excluding steroid dienone is 2. The molecule has 1 rings (SSSR count). The molecule has 33 heavy (non-hydrogen) atoms. The lowest BCUT2D eigenvalue weighted by atomic mass is 10.0. The maximum atomic E-state index is 5.53. The monoisotopic (exact) mass is 525 g/mol. The number of halogens is 1. The van der Waals surface area contributed by atoms with E-state index in [9.17, 15) is 0 Å². The molecule has 0 aliphatic carbocycles. The van der Waals surface area contributed by atoms with Crippen LogP contribution in [-0.4, -0.2) is 26.9 Å². The van der Waals surface area contributed by atoms with Crippen LogP contribution in [0.1, 0.15) is 109 Å². The molecular formula is C29H52BrNO2. The van der Waals surface area contributed by atoms with Gasteiger partial charge < -0.3 is 26.5 Å². The molecule has 0 bridgehead atoms. The molecule has 0 unspecified atom stereocenters. The second kappa shape index (κ2) is 25.9. The maximum absolute atomic E-state index is 5.53. The van der Waals surface area contributed by atoms with E-state index in [0.717, 1.165) is 13.2 Å². The first kappa shape index (κ1) is 32.3. The SMILES string of the molecule is CCCCCCCC/C=C\CCCCCCCCCc1cc[n+](CCOCCOC)cc1.[Br-]. The molecule has 0 aliphatic rings. The Kier molecular flexibility index (Phi) is 25.3. The fraction of sp³-hybridized carbons (Fsp3) is 0.759. The lowest BCUT2D eigenvalue weighted by Gasteiger charge is -2.03. The molecular weight excluding hydrogens is 474 g/mol. The van der Waals surface area contributed by atoms with Gasteiger partial charge in [0.1, 0.15) is 6.61 Å². The van der Waals surface area contributed by atoms with Gasteiger partial charge in [0, 0.05) is 19.2 Å². The number of nitrogens with zero attached hydrogens (tertiary/aromatic N) is 1. The number of ether oxygens (including phenoxy) is 2. The average Bonchev–Trinajstić information content (AvgIpc) is 2.82. The Hall–Kier alpha value is -0.710. The van der Waals surface area contributed by atoms with E-state index in [4.69, 9.17) is 9.47 Å². The topological polar surface area (TPSA) is 22.3 Å². The van der Waals surface area contributed by atoms with Gasteiger partial charge in [-0.1, -0.05) is 83.3 Å².